The lowest BCUT2D eigenvalue weighted by Crippen LogP contribution is -2.50. The summed E-state index contributed by atoms with van der Waals surface area (Å²) in [5.41, 5.74) is 0. The summed E-state index contributed by atoms with van der Waals surface area (Å²) in [6, 6.07) is 5.66. The van der Waals surface area contributed by atoms with E-state index in [-0.39, 0.29) is 23.6 Å². The average Bonchev–Trinajstić information content (AvgIpc) is 2.80. The van der Waals surface area contributed by atoms with Crippen molar-refractivity contribution in [2.75, 3.05) is 40.8 Å². The third kappa shape index (κ3) is 11.3. The van der Waals surface area contributed by atoms with Gasteiger partial charge in [-0.2, -0.15) is 4.31 Å². The number of ether oxygens (including phenoxy) is 1. The highest BCUT2D eigenvalue weighted by Gasteiger charge is 2.38. The Kier molecular flexibility index (Phi) is 16.8. The van der Waals surface area contributed by atoms with Crippen molar-refractivity contribution < 1.29 is 17.9 Å². The highest BCUT2D eigenvalue weighted by atomic mass is 35.5. The molecule has 1 aliphatic rings. The van der Waals surface area contributed by atoms with Gasteiger partial charge in [-0.25, -0.2) is 8.42 Å². The largest absolute Gasteiger partial charge is 0.466 e. The normalized spacial score (nSPS) is 18.5. The number of benzene rings is 1. The number of carbonyl (C=O) groups is 1. The third-order valence-electron chi connectivity index (χ3n) is 4.95. The third-order valence-corrected chi connectivity index (χ3v) is 7.28. The van der Waals surface area contributed by atoms with Crippen LogP contribution in [0.2, 0.25) is 5.02 Å². The molecule has 1 saturated heterocycles. The van der Waals surface area contributed by atoms with Crippen LogP contribution in [-0.2, 0) is 19.6 Å². The summed E-state index contributed by atoms with van der Waals surface area (Å²) in [7, 11) is 2.15. The minimum Gasteiger partial charge on any atom is -0.466 e. The van der Waals surface area contributed by atoms with Crippen molar-refractivity contribution in [1.29, 1.82) is 0 Å². The van der Waals surface area contributed by atoms with Gasteiger partial charge in [-0.05, 0) is 64.0 Å². The molecule has 10 heteroatoms. The summed E-state index contributed by atoms with van der Waals surface area (Å²) < 4.78 is 31.9. The van der Waals surface area contributed by atoms with Crippen LogP contribution in [0.15, 0.2) is 34.2 Å². The molecule has 0 amide bonds. The predicted molar refractivity (Wildman–Crippen MR) is 137 cm³/mol. The molecule has 1 heterocycles. The number of rotatable bonds is 10. The zero-order valence-electron chi connectivity index (χ0n) is 20.8. The van der Waals surface area contributed by atoms with Gasteiger partial charge in [-0.15, -0.1) is 0 Å². The smallest absolute Gasteiger partial charge is 0.293 e. The fourth-order valence-corrected chi connectivity index (χ4v) is 5.48. The number of hydrogen-bond acceptors (Lipinski definition) is 6. The maximum Gasteiger partial charge on any atom is 0.293 e. The first kappa shape index (κ1) is 31.3. The minimum absolute atomic E-state index is 0.0840. The first-order chi connectivity index (χ1) is 15.8. The summed E-state index contributed by atoms with van der Waals surface area (Å²) >= 11 is 5.81. The van der Waals surface area contributed by atoms with E-state index in [2.05, 4.69) is 15.2 Å². The van der Waals surface area contributed by atoms with Gasteiger partial charge in [0.15, 0.2) is 0 Å². The summed E-state index contributed by atoms with van der Waals surface area (Å²) in [6.07, 6.45) is 5.41. The first-order valence-electron chi connectivity index (χ1n) is 11.4. The molecular weight excluding hydrogens is 464 g/mol. The molecule has 1 N–H and O–H groups in total. The molecule has 190 valence electrons. The SMILES string of the molecule is CC.CN=CN(C)CCCNC.C[C@@H]1CCCC(COC=O)N1S(=O)(=O)c1ccc(Cl)cc1. The second-order valence-electron chi connectivity index (χ2n) is 7.46. The van der Waals surface area contributed by atoms with Crippen LogP contribution in [0.5, 0.6) is 0 Å². The highest BCUT2D eigenvalue weighted by Crippen LogP contribution is 2.30. The van der Waals surface area contributed by atoms with Crippen LogP contribution >= 0.6 is 11.6 Å². The van der Waals surface area contributed by atoms with E-state index in [0.29, 0.717) is 17.9 Å². The Bertz CT molecular complexity index is 775. The standard InChI is InChI=1S/C14H18ClNO4S.C7H17N3.C2H6/c1-11-3-2-4-13(9-20-10-17)16(11)21(18,19)14-7-5-12(15)6-8-14;1-8-5-4-6-10(3)7-9-2;1-2/h5-8,10-11,13H,2-4,9H2,1H3;7-8H,4-6H2,1-3H3;1-2H3/t11-,13?;;/m1../s1. The number of carbonyl (C=O) groups excluding carboxylic acids is 1. The zero-order valence-corrected chi connectivity index (χ0v) is 22.4. The lowest BCUT2D eigenvalue weighted by molar-refractivity contribution is -0.130. The van der Waals surface area contributed by atoms with Crippen molar-refractivity contribution in [3.05, 3.63) is 29.3 Å². The molecule has 33 heavy (non-hydrogen) atoms. The van der Waals surface area contributed by atoms with Crippen LogP contribution in [0.4, 0.5) is 0 Å². The molecule has 2 rings (SSSR count). The Morgan fingerprint density at radius 2 is 1.91 bits per heavy atom. The monoisotopic (exact) mass is 504 g/mol. The molecule has 0 bridgehead atoms. The molecule has 1 fully saturated rings. The quantitative estimate of drug-likeness (QED) is 0.226. The first-order valence-corrected chi connectivity index (χ1v) is 13.2. The van der Waals surface area contributed by atoms with Crippen molar-refractivity contribution >= 4 is 34.4 Å². The van der Waals surface area contributed by atoms with Gasteiger partial charge in [0.1, 0.15) is 6.61 Å². The minimum atomic E-state index is -3.63. The van der Waals surface area contributed by atoms with E-state index in [1.165, 1.54) is 22.9 Å². The van der Waals surface area contributed by atoms with Gasteiger partial charge in [-0.1, -0.05) is 31.9 Å². The molecule has 1 unspecified atom stereocenters. The number of sulfonamides is 1. The van der Waals surface area contributed by atoms with E-state index in [0.717, 1.165) is 25.9 Å². The predicted octanol–water partition coefficient (Wildman–Crippen LogP) is 3.66. The Morgan fingerprint density at radius 3 is 2.45 bits per heavy atom. The summed E-state index contributed by atoms with van der Waals surface area (Å²) in [5, 5.41) is 3.58. The van der Waals surface area contributed by atoms with Gasteiger partial charge >= 0.3 is 0 Å². The highest BCUT2D eigenvalue weighted by molar-refractivity contribution is 7.89. The maximum atomic E-state index is 12.8. The van der Waals surface area contributed by atoms with Crippen molar-refractivity contribution in [1.82, 2.24) is 14.5 Å². The van der Waals surface area contributed by atoms with Crippen LogP contribution < -0.4 is 5.32 Å². The Hall–Kier alpha value is -1.68. The average molecular weight is 505 g/mol. The number of hydrogen-bond donors (Lipinski definition) is 1. The van der Waals surface area contributed by atoms with Crippen LogP contribution in [-0.4, -0.2) is 83.4 Å². The number of halogens is 1. The fraction of sp³-hybridized carbons (Fsp3) is 0.652. The Balaban J connectivity index is 0.000000722. The second kappa shape index (κ2) is 17.8. The fourth-order valence-electron chi connectivity index (χ4n) is 3.49. The van der Waals surface area contributed by atoms with Crippen molar-refractivity contribution in [3.63, 3.8) is 0 Å². The van der Waals surface area contributed by atoms with Gasteiger partial charge in [0.05, 0.1) is 17.3 Å². The zero-order chi connectivity index (χ0) is 25.3. The van der Waals surface area contributed by atoms with E-state index in [4.69, 9.17) is 16.3 Å². The van der Waals surface area contributed by atoms with Crippen molar-refractivity contribution in [3.8, 4) is 0 Å². The molecule has 2 atom stereocenters. The van der Waals surface area contributed by atoms with Crippen molar-refractivity contribution in [2.24, 2.45) is 4.99 Å². The Labute approximate surface area is 205 Å². The summed E-state index contributed by atoms with van der Waals surface area (Å²) in [5.74, 6) is 0. The molecule has 0 radical (unpaired) electrons. The molecule has 0 aromatic heterocycles. The molecule has 1 aliphatic heterocycles. The van der Waals surface area contributed by atoms with Crippen LogP contribution in [0, 0.1) is 0 Å². The molecule has 8 nitrogen and oxygen atoms in total. The van der Waals surface area contributed by atoms with Crippen LogP contribution in [0.1, 0.15) is 46.5 Å². The molecule has 0 saturated carbocycles. The van der Waals surface area contributed by atoms with Gasteiger partial charge in [-0.3, -0.25) is 9.79 Å². The van der Waals surface area contributed by atoms with Gasteiger partial charge in [0.2, 0.25) is 10.0 Å². The number of nitrogens with zero attached hydrogens (tertiary/aromatic N) is 3. The molecule has 1 aromatic rings. The molecule has 0 spiro atoms. The van der Waals surface area contributed by atoms with Crippen molar-refractivity contribution in [2.45, 2.75) is 63.4 Å². The Morgan fingerprint density at radius 1 is 1.27 bits per heavy atom. The van der Waals surface area contributed by atoms with Crippen LogP contribution in [0.3, 0.4) is 0 Å². The number of piperidine rings is 1. The van der Waals surface area contributed by atoms with E-state index in [1.54, 1.807) is 19.2 Å². The van der Waals surface area contributed by atoms with E-state index in [1.807, 2.05) is 41.2 Å². The van der Waals surface area contributed by atoms with Gasteiger partial charge in [0.25, 0.3) is 6.47 Å². The second-order valence-corrected chi connectivity index (χ2v) is 9.74. The molecular formula is C23H41ClN4O4S. The summed E-state index contributed by atoms with van der Waals surface area (Å²) in [6.45, 7) is 8.45. The van der Waals surface area contributed by atoms with Crippen LogP contribution in [0.25, 0.3) is 0 Å². The number of nitrogens with one attached hydrogen (secondary N) is 1. The lowest BCUT2D eigenvalue weighted by Gasteiger charge is -2.38. The number of aliphatic imine (C=N–C) groups is 1. The van der Waals surface area contributed by atoms with E-state index in [9.17, 15) is 13.2 Å². The summed E-state index contributed by atoms with van der Waals surface area (Å²) in [4.78, 5) is 16.6. The topological polar surface area (TPSA) is 91.3 Å². The van der Waals surface area contributed by atoms with E-state index < -0.39 is 10.0 Å². The van der Waals surface area contributed by atoms with Gasteiger partial charge in [0, 0.05) is 31.7 Å². The molecule has 1 aromatic carbocycles. The lowest BCUT2D eigenvalue weighted by atomic mass is 10.0. The maximum absolute atomic E-state index is 12.8. The molecule has 0 aliphatic carbocycles. The van der Waals surface area contributed by atoms with E-state index >= 15 is 0 Å². The van der Waals surface area contributed by atoms with Gasteiger partial charge < -0.3 is 15.0 Å².